The van der Waals surface area contributed by atoms with Crippen LogP contribution in [-0.4, -0.2) is 31.1 Å². The maximum Gasteiger partial charge on any atom is 0.0206 e. The molecule has 0 aromatic heterocycles. The maximum atomic E-state index is 3.48. The van der Waals surface area contributed by atoms with Crippen molar-refractivity contribution in [2.45, 2.75) is 20.4 Å². The molecule has 0 atom stereocenters. The molecule has 1 rings (SSSR count). The number of rotatable bonds is 7. The fourth-order valence-electron chi connectivity index (χ4n) is 1.66. The van der Waals surface area contributed by atoms with Crippen LogP contribution in [-0.2, 0) is 6.54 Å². The van der Waals surface area contributed by atoms with Crippen LogP contribution in [0.15, 0.2) is 28.7 Å². The third-order valence-corrected chi connectivity index (χ3v) is 3.21. The Hall–Kier alpha value is 0.200. The summed E-state index contributed by atoms with van der Waals surface area (Å²) in [5.74, 6) is 0. The van der Waals surface area contributed by atoms with E-state index in [2.05, 4.69) is 64.3 Å². The molecule has 0 bridgehead atoms. The van der Waals surface area contributed by atoms with Crippen LogP contribution in [0.1, 0.15) is 19.4 Å². The third kappa shape index (κ3) is 8.33. The molecule has 2 nitrogen and oxygen atoms in total. The van der Waals surface area contributed by atoms with Gasteiger partial charge in [-0.2, -0.15) is 0 Å². The van der Waals surface area contributed by atoms with Gasteiger partial charge in [-0.25, -0.2) is 0 Å². The second kappa shape index (κ2) is 12.2. The zero-order valence-corrected chi connectivity index (χ0v) is 14.2. The summed E-state index contributed by atoms with van der Waals surface area (Å²) in [5.41, 5.74) is 1.33. The predicted molar refractivity (Wildman–Crippen MR) is 88.1 cm³/mol. The van der Waals surface area contributed by atoms with Gasteiger partial charge in [-0.15, -0.1) is 24.8 Å². The van der Waals surface area contributed by atoms with Crippen LogP contribution in [0.3, 0.4) is 0 Å². The van der Waals surface area contributed by atoms with E-state index in [9.17, 15) is 0 Å². The number of benzene rings is 1. The Kier molecular flexibility index (Phi) is 14.0. The van der Waals surface area contributed by atoms with Crippen LogP contribution < -0.4 is 5.32 Å². The van der Waals surface area contributed by atoms with E-state index in [4.69, 9.17) is 0 Å². The van der Waals surface area contributed by atoms with E-state index in [1.54, 1.807) is 0 Å². The molecule has 0 spiro atoms. The standard InChI is InChI=1S/C13H21BrN2.2ClH/c1-3-16(4-2)9-8-15-11-12-6-5-7-13(14)10-12;;/h5-7,10,15H,3-4,8-9,11H2,1-2H3;2*1H. The van der Waals surface area contributed by atoms with Gasteiger partial charge in [-0.3, -0.25) is 0 Å². The Labute approximate surface area is 131 Å². The molecule has 106 valence electrons. The Balaban J connectivity index is 0. The third-order valence-electron chi connectivity index (χ3n) is 2.72. The van der Waals surface area contributed by atoms with Gasteiger partial charge in [0.05, 0.1) is 0 Å². The molecule has 1 aromatic carbocycles. The highest BCUT2D eigenvalue weighted by atomic mass is 79.9. The second-order valence-corrected chi connectivity index (χ2v) is 4.75. The van der Waals surface area contributed by atoms with E-state index in [-0.39, 0.29) is 24.8 Å². The van der Waals surface area contributed by atoms with E-state index < -0.39 is 0 Å². The van der Waals surface area contributed by atoms with Crippen molar-refractivity contribution in [3.63, 3.8) is 0 Å². The monoisotopic (exact) mass is 356 g/mol. The smallest absolute Gasteiger partial charge is 0.0206 e. The molecule has 0 radical (unpaired) electrons. The molecule has 1 aromatic rings. The molecule has 5 heteroatoms. The molecule has 0 heterocycles. The quantitative estimate of drug-likeness (QED) is 0.748. The molecule has 0 aliphatic rings. The highest BCUT2D eigenvalue weighted by Gasteiger charge is 1.98. The van der Waals surface area contributed by atoms with Crippen molar-refractivity contribution in [2.75, 3.05) is 26.2 Å². The number of halogens is 3. The van der Waals surface area contributed by atoms with Gasteiger partial charge in [0.25, 0.3) is 0 Å². The lowest BCUT2D eigenvalue weighted by Crippen LogP contribution is -2.31. The van der Waals surface area contributed by atoms with Gasteiger partial charge >= 0.3 is 0 Å². The average Bonchev–Trinajstić information content (AvgIpc) is 2.29. The zero-order valence-electron chi connectivity index (χ0n) is 11.0. The number of hydrogen-bond donors (Lipinski definition) is 1. The van der Waals surface area contributed by atoms with Crippen molar-refractivity contribution in [1.29, 1.82) is 0 Å². The molecule has 0 saturated heterocycles. The fourth-order valence-corrected chi connectivity index (χ4v) is 2.10. The van der Waals surface area contributed by atoms with Crippen molar-refractivity contribution in [1.82, 2.24) is 10.2 Å². The van der Waals surface area contributed by atoms with Gasteiger partial charge in [0, 0.05) is 24.1 Å². The Morgan fingerprint density at radius 2 is 1.83 bits per heavy atom. The van der Waals surface area contributed by atoms with Crippen LogP contribution in [0.2, 0.25) is 0 Å². The summed E-state index contributed by atoms with van der Waals surface area (Å²) in [6.07, 6.45) is 0. The summed E-state index contributed by atoms with van der Waals surface area (Å²) >= 11 is 3.48. The predicted octanol–water partition coefficient (Wildman–Crippen LogP) is 3.72. The largest absolute Gasteiger partial charge is 0.311 e. The Morgan fingerprint density at radius 1 is 1.17 bits per heavy atom. The number of likely N-dealkylation sites (N-methyl/N-ethyl adjacent to an activating group) is 1. The van der Waals surface area contributed by atoms with E-state index in [0.29, 0.717) is 0 Å². The lowest BCUT2D eigenvalue weighted by Gasteiger charge is -2.18. The SMILES string of the molecule is CCN(CC)CCNCc1cccc(Br)c1.Cl.Cl. The number of hydrogen-bond acceptors (Lipinski definition) is 2. The normalized spacial score (nSPS) is 9.78. The Morgan fingerprint density at radius 3 is 2.39 bits per heavy atom. The highest BCUT2D eigenvalue weighted by molar-refractivity contribution is 9.10. The molecule has 0 aliphatic heterocycles. The fraction of sp³-hybridized carbons (Fsp3) is 0.538. The molecule has 0 aliphatic carbocycles. The average molecular weight is 358 g/mol. The molecular weight excluding hydrogens is 335 g/mol. The molecule has 0 saturated carbocycles. The summed E-state index contributed by atoms with van der Waals surface area (Å²) in [7, 11) is 0. The van der Waals surface area contributed by atoms with E-state index >= 15 is 0 Å². The van der Waals surface area contributed by atoms with Gasteiger partial charge < -0.3 is 10.2 Å². The van der Waals surface area contributed by atoms with Crippen LogP contribution in [0, 0.1) is 0 Å². The Bertz CT molecular complexity index is 307. The minimum Gasteiger partial charge on any atom is -0.311 e. The van der Waals surface area contributed by atoms with Gasteiger partial charge in [0.2, 0.25) is 0 Å². The lowest BCUT2D eigenvalue weighted by molar-refractivity contribution is 0.302. The minimum atomic E-state index is 0. The molecule has 0 fully saturated rings. The maximum absolute atomic E-state index is 3.48. The van der Waals surface area contributed by atoms with Gasteiger partial charge in [-0.05, 0) is 30.8 Å². The summed E-state index contributed by atoms with van der Waals surface area (Å²) in [6.45, 7) is 9.80. The first-order chi connectivity index (χ1) is 7.76. The molecular formula is C13H23BrCl2N2. The first-order valence-electron chi connectivity index (χ1n) is 5.93. The second-order valence-electron chi connectivity index (χ2n) is 3.83. The van der Waals surface area contributed by atoms with Crippen LogP contribution >= 0.6 is 40.7 Å². The van der Waals surface area contributed by atoms with Crippen molar-refractivity contribution < 1.29 is 0 Å². The lowest BCUT2D eigenvalue weighted by atomic mass is 10.2. The molecule has 0 unspecified atom stereocenters. The van der Waals surface area contributed by atoms with Crippen molar-refractivity contribution in [2.24, 2.45) is 0 Å². The molecule has 18 heavy (non-hydrogen) atoms. The van der Waals surface area contributed by atoms with Gasteiger partial charge in [0.15, 0.2) is 0 Å². The summed E-state index contributed by atoms with van der Waals surface area (Å²) < 4.78 is 1.15. The van der Waals surface area contributed by atoms with Gasteiger partial charge in [0.1, 0.15) is 0 Å². The molecule has 1 N–H and O–H groups in total. The summed E-state index contributed by atoms with van der Waals surface area (Å²) in [6, 6.07) is 8.43. The van der Waals surface area contributed by atoms with Crippen molar-refractivity contribution >= 4 is 40.7 Å². The van der Waals surface area contributed by atoms with Crippen LogP contribution in [0.4, 0.5) is 0 Å². The summed E-state index contributed by atoms with van der Waals surface area (Å²) in [4.78, 5) is 2.42. The summed E-state index contributed by atoms with van der Waals surface area (Å²) in [5, 5.41) is 3.47. The first-order valence-corrected chi connectivity index (χ1v) is 6.73. The van der Waals surface area contributed by atoms with Crippen LogP contribution in [0.25, 0.3) is 0 Å². The minimum absolute atomic E-state index is 0. The zero-order chi connectivity index (χ0) is 11.8. The van der Waals surface area contributed by atoms with Gasteiger partial charge in [-0.1, -0.05) is 41.9 Å². The molecule has 0 amide bonds. The van der Waals surface area contributed by atoms with E-state index in [1.165, 1.54) is 5.56 Å². The highest BCUT2D eigenvalue weighted by Crippen LogP contribution is 2.11. The van der Waals surface area contributed by atoms with Crippen molar-refractivity contribution in [3.05, 3.63) is 34.3 Å². The topological polar surface area (TPSA) is 15.3 Å². The van der Waals surface area contributed by atoms with E-state index in [0.717, 1.165) is 37.2 Å². The van der Waals surface area contributed by atoms with Crippen LogP contribution in [0.5, 0.6) is 0 Å². The van der Waals surface area contributed by atoms with Crippen molar-refractivity contribution in [3.8, 4) is 0 Å². The van der Waals surface area contributed by atoms with E-state index in [1.807, 2.05) is 0 Å². The number of nitrogens with one attached hydrogen (secondary N) is 1. The first kappa shape index (κ1) is 20.5. The number of nitrogens with zero attached hydrogens (tertiary/aromatic N) is 1.